The lowest BCUT2D eigenvalue weighted by Gasteiger charge is -2.19. The van der Waals surface area contributed by atoms with E-state index >= 15 is 0 Å². The third-order valence-corrected chi connectivity index (χ3v) is 6.22. The van der Waals surface area contributed by atoms with Crippen LogP contribution >= 0.6 is 11.3 Å². The van der Waals surface area contributed by atoms with Gasteiger partial charge in [-0.15, -0.1) is 11.3 Å². The Morgan fingerprint density at radius 1 is 1.13 bits per heavy atom. The predicted octanol–water partition coefficient (Wildman–Crippen LogP) is 2.28. The molecule has 2 aromatic rings. The highest BCUT2D eigenvalue weighted by Gasteiger charge is 2.21. The summed E-state index contributed by atoms with van der Waals surface area (Å²) in [6, 6.07) is 10.2. The number of hydrogen-bond donors (Lipinski definition) is 0. The zero-order valence-electron chi connectivity index (χ0n) is 13.2. The van der Waals surface area contributed by atoms with Crippen molar-refractivity contribution in [2.75, 3.05) is 32.4 Å². The molecule has 0 unspecified atom stereocenters. The van der Waals surface area contributed by atoms with Crippen molar-refractivity contribution in [1.29, 1.82) is 0 Å². The van der Waals surface area contributed by atoms with Crippen LogP contribution < -0.4 is 0 Å². The molecule has 1 aliphatic rings. The van der Waals surface area contributed by atoms with E-state index in [9.17, 15) is 8.42 Å². The first kappa shape index (κ1) is 16.6. The van der Waals surface area contributed by atoms with Gasteiger partial charge in [0.2, 0.25) is 10.0 Å². The fraction of sp³-hybridized carbons (Fsp3) is 0.438. The second kappa shape index (κ2) is 7.09. The number of nitrogens with zero attached hydrogens (tertiary/aromatic N) is 3. The van der Waals surface area contributed by atoms with Crippen molar-refractivity contribution in [1.82, 2.24) is 14.2 Å². The Bertz CT molecular complexity index is 744. The van der Waals surface area contributed by atoms with Crippen molar-refractivity contribution < 1.29 is 8.42 Å². The van der Waals surface area contributed by atoms with Crippen LogP contribution in [0.5, 0.6) is 0 Å². The van der Waals surface area contributed by atoms with Gasteiger partial charge in [-0.25, -0.2) is 17.7 Å². The molecule has 1 aromatic heterocycles. The van der Waals surface area contributed by atoms with E-state index in [1.807, 2.05) is 18.2 Å². The molecule has 0 N–H and O–H groups in total. The number of rotatable bonds is 4. The van der Waals surface area contributed by atoms with E-state index in [4.69, 9.17) is 4.98 Å². The van der Waals surface area contributed by atoms with Gasteiger partial charge >= 0.3 is 0 Å². The Labute approximate surface area is 141 Å². The number of sulfonamides is 1. The molecule has 5 nitrogen and oxygen atoms in total. The zero-order valence-corrected chi connectivity index (χ0v) is 14.8. The van der Waals surface area contributed by atoms with Crippen LogP contribution in [0.25, 0.3) is 10.6 Å². The maximum Gasteiger partial charge on any atom is 0.211 e. The fourth-order valence-electron chi connectivity index (χ4n) is 2.76. The molecule has 2 heterocycles. The number of aromatic nitrogens is 1. The third kappa shape index (κ3) is 4.38. The van der Waals surface area contributed by atoms with Crippen molar-refractivity contribution in [3.63, 3.8) is 0 Å². The van der Waals surface area contributed by atoms with Gasteiger partial charge in [-0.1, -0.05) is 30.3 Å². The highest BCUT2D eigenvalue weighted by Crippen LogP contribution is 2.24. The number of benzene rings is 1. The van der Waals surface area contributed by atoms with E-state index in [0.717, 1.165) is 42.3 Å². The summed E-state index contributed by atoms with van der Waals surface area (Å²) in [5, 5.41) is 3.13. The predicted molar refractivity (Wildman–Crippen MR) is 93.9 cm³/mol. The summed E-state index contributed by atoms with van der Waals surface area (Å²) < 4.78 is 24.9. The molecular formula is C16H21N3O2S2. The molecule has 0 atom stereocenters. The first-order valence-corrected chi connectivity index (χ1v) is 10.4. The molecule has 1 saturated heterocycles. The van der Waals surface area contributed by atoms with Gasteiger partial charge in [-0.3, -0.25) is 4.90 Å². The Morgan fingerprint density at radius 2 is 1.91 bits per heavy atom. The molecule has 0 bridgehead atoms. The largest absolute Gasteiger partial charge is 0.296 e. The summed E-state index contributed by atoms with van der Waals surface area (Å²) in [6.45, 7) is 3.62. The molecule has 23 heavy (non-hydrogen) atoms. The SMILES string of the molecule is CS(=O)(=O)N1CCCN(Cc2csc(-c3ccccc3)n2)CC1. The van der Waals surface area contributed by atoms with Crippen molar-refractivity contribution >= 4 is 21.4 Å². The highest BCUT2D eigenvalue weighted by atomic mass is 32.2. The summed E-state index contributed by atoms with van der Waals surface area (Å²) in [5.74, 6) is 0. The summed E-state index contributed by atoms with van der Waals surface area (Å²) in [4.78, 5) is 7.00. The molecular weight excluding hydrogens is 330 g/mol. The minimum atomic E-state index is -3.08. The smallest absolute Gasteiger partial charge is 0.211 e. The van der Waals surface area contributed by atoms with E-state index in [1.54, 1.807) is 15.6 Å². The highest BCUT2D eigenvalue weighted by molar-refractivity contribution is 7.88. The van der Waals surface area contributed by atoms with Crippen LogP contribution in [0.4, 0.5) is 0 Å². The fourth-order valence-corrected chi connectivity index (χ4v) is 4.45. The molecule has 0 spiro atoms. The zero-order chi connectivity index (χ0) is 16.3. The van der Waals surface area contributed by atoms with Gasteiger partial charge in [0.25, 0.3) is 0 Å². The lowest BCUT2D eigenvalue weighted by Crippen LogP contribution is -2.34. The van der Waals surface area contributed by atoms with E-state index < -0.39 is 10.0 Å². The van der Waals surface area contributed by atoms with Crippen molar-refractivity contribution in [2.24, 2.45) is 0 Å². The van der Waals surface area contributed by atoms with Crippen LogP contribution in [0, 0.1) is 0 Å². The van der Waals surface area contributed by atoms with Gasteiger partial charge in [0, 0.05) is 37.1 Å². The first-order chi connectivity index (χ1) is 11.0. The van der Waals surface area contributed by atoms with Crippen LogP contribution in [0.15, 0.2) is 35.7 Å². The number of thiazole rings is 1. The maximum absolute atomic E-state index is 11.7. The molecule has 124 valence electrons. The molecule has 1 aliphatic heterocycles. The topological polar surface area (TPSA) is 53.5 Å². The Balaban J connectivity index is 1.63. The minimum Gasteiger partial charge on any atom is -0.296 e. The molecule has 0 radical (unpaired) electrons. The summed E-state index contributed by atoms with van der Waals surface area (Å²) in [6.07, 6.45) is 2.15. The van der Waals surface area contributed by atoms with Crippen LogP contribution in [-0.2, 0) is 16.6 Å². The van der Waals surface area contributed by atoms with Crippen LogP contribution in [0.2, 0.25) is 0 Å². The van der Waals surface area contributed by atoms with Crippen LogP contribution in [-0.4, -0.2) is 55.0 Å². The van der Waals surface area contributed by atoms with Gasteiger partial charge < -0.3 is 0 Å². The third-order valence-electron chi connectivity index (χ3n) is 3.97. The lowest BCUT2D eigenvalue weighted by atomic mass is 10.2. The van der Waals surface area contributed by atoms with Crippen LogP contribution in [0.3, 0.4) is 0 Å². The summed E-state index contributed by atoms with van der Waals surface area (Å²) >= 11 is 1.66. The Morgan fingerprint density at radius 3 is 2.65 bits per heavy atom. The van der Waals surface area contributed by atoms with Gasteiger partial charge in [0.15, 0.2) is 0 Å². The molecule has 0 aliphatic carbocycles. The molecule has 1 aromatic carbocycles. The Kier molecular flexibility index (Phi) is 5.11. The van der Waals surface area contributed by atoms with Crippen molar-refractivity contribution in [3.8, 4) is 10.6 Å². The average Bonchev–Trinajstić information content (AvgIpc) is 2.85. The Hall–Kier alpha value is -1.28. The van der Waals surface area contributed by atoms with E-state index in [0.29, 0.717) is 13.1 Å². The van der Waals surface area contributed by atoms with Gasteiger partial charge in [0.05, 0.1) is 11.9 Å². The van der Waals surface area contributed by atoms with Gasteiger partial charge in [-0.05, 0) is 13.0 Å². The summed E-state index contributed by atoms with van der Waals surface area (Å²) in [7, 11) is -3.08. The first-order valence-electron chi connectivity index (χ1n) is 7.70. The maximum atomic E-state index is 11.7. The monoisotopic (exact) mass is 351 g/mol. The van der Waals surface area contributed by atoms with Crippen LogP contribution in [0.1, 0.15) is 12.1 Å². The lowest BCUT2D eigenvalue weighted by molar-refractivity contribution is 0.276. The standard InChI is InChI=1S/C16H21N3O2S2/c1-23(20,21)19-9-5-8-18(10-11-19)12-15-13-22-16(17-15)14-6-3-2-4-7-14/h2-4,6-7,13H,5,8-12H2,1H3. The normalized spacial score (nSPS) is 18.0. The molecule has 7 heteroatoms. The average molecular weight is 351 g/mol. The van der Waals surface area contributed by atoms with Gasteiger partial charge in [-0.2, -0.15) is 0 Å². The quantitative estimate of drug-likeness (QED) is 0.848. The molecule has 0 saturated carbocycles. The van der Waals surface area contributed by atoms with Gasteiger partial charge in [0.1, 0.15) is 5.01 Å². The van der Waals surface area contributed by atoms with E-state index in [1.165, 1.54) is 6.26 Å². The minimum absolute atomic E-state index is 0.564. The molecule has 0 amide bonds. The van der Waals surface area contributed by atoms with E-state index in [-0.39, 0.29) is 0 Å². The molecule has 3 rings (SSSR count). The van der Waals surface area contributed by atoms with Crippen molar-refractivity contribution in [2.45, 2.75) is 13.0 Å². The van der Waals surface area contributed by atoms with Crippen molar-refractivity contribution in [3.05, 3.63) is 41.4 Å². The molecule has 1 fully saturated rings. The number of hydrogen-bond acceptors (Lipinski definition) is 5. The second-order valence-corrected chi connectivity index (χ2v) is 8.64. The summed E-state index contributed by atoms with van der Waals surface area (Å²) in [5.41, 5.74) is 2.20. The second-order valence-electron chi connectivity index (χ2n) is 5.80. The van der Waals surface area contributed by atoms with E-state index in [2.05, 4.69) is 22.4 Å².